The van der Waals surface area contributed by atoms with Crippen LogP contribution in [-0.2, 0) is 16.0 Å². The predicted molar refractivity (Wildman–Crippen MR) is 108 cm³/mol. The minimum absolute atomic E-state index is 0.0111. The molecule has 0 aliphatic heterocycles. The highest BCUT2D eigenvalue weighted by Crippen LogP contribution is 2.20. The lowest BCUT2D eigenvalue weighted by atomic mass is 10.1. The normalized spacial score (nSPS) is 10.5. The summed E-state index contributed by atoms with van der Waals surface area (Å²) in [6, 6.07) is 17.3. The third-order valence-corrected chi connectivity index (χ3v) is 4.04. The van der Waals surface area contributed by atoms with Crippen LogP contribution in [0.5, 0.6) is 5.75 Å². The van der Waals surface area contributed by atoms with Crippen molar-refractivity contribution in [1.82, 2.24) is 5.32 Å². The lowest BCUT2D eigenvalue weighted by Gasteiger charge is -2.22. The fraction of sp³-hybridized carbons (Fsp3) is 0.364. The van der Waals surface area contributed by atoms with Crippen molar-refractivity contribution in [1.29, 1.82) is 0 Å². The van der Waals surface area contributed by atoms with Crippen LogP contribution in [0.2, 0.25) is 0 Å². The molecule has 0 aliphatic rings. The fourth-order valence-corrected chi connectivity index (χ4v) is 2.74. The van der Waals surface area contributed by atoms with Gasteiger partial charge in [0.1, 0.15) is 5.75 Å². The molecule has 0 atom stereocenters. The van der Waals surface area contributed by atoms with Gasteiger partial charge in [-0.15, -0.1) is 0 Å². The minimum atomic E-state index is -0.0638. The second-order valence-electron chi connectivity index (χ2n) is 6.67. The van der Waals surface area contributed by atoms with E-state index >= 15 is 0 Å². The molecule has 27 heavy (non-hydrogen) atoms. The third-order valence-electron chi connectivity index (χ3n) is 4.04. The largest absolute Gasteiger partial charge is 0.491 e. The number of hydrogen-bond donors (Lipinski definition) is 1. The van der Waals surface area contributed by atoms with Gasteiger partial charge in [0.2, 0.25) is 11.8 Å². The van der Waals surface area contributed by atoms with E-state index in [2.05, 4.69) is 5.32 Å². The Hall–Kier alpha value is -2.82. The number of ether oxygens (including phenoxy) is 1. The molecule has 5 nitrogen and oxygen atoms in total. The number of hydrogen-bond acceptors (Lipinski definition) is 3. The molecule has 2 aromatic carbocycles. The van der Waals surface area contributed by atoms with Gasteiger partial charge in [-0.25, -0.2) is 0 Å². The van der Waals surface area contributed by atoms with Crippen LogP contribution in [0.15, 0.2) is 54.6 Å². The highest BCUT2D eigenvalue weighted by atomic mass is 16.5. The predicted octanol–water partition coefficient (Wildman–Crippen LogP) is 3.58. The molecule has 0 unspecified atom stereocenters. The quantitative estimate of drug-likeness (QED) is 0.736. The van der Waals surface area contributed by atoms with Gasteiger partial charge in [-0.3, -0.25) is 9.59 Å². The van der Waals surface area contributed by atoms with Crippen LogP contribution >= 0.6 is 0 Å². The number of aryl methyl sites for hydroxylation is 1. The van der Waals surface area contributed by atoms with E-state index in [1.54, 1.807) is 4.90 Å². The molecule has 2 amide bonds. The summed E-state index contributed by atoms with van der Waals surface area (Å²) in [5.41, 5.74) is 1.93. The van der Waals surface area contributed by atoms with Crippen molar-refractivity contribution >= 4 is 17.5 Å². The number of benzene rings is 2. The van der Waals surface area contributed by atoms with E-state index in [9.17, 15) is 9.59 Å². The van der Waals surface area contributed by atoms with Crippen LogP contribution in [0.1, 0.15) is 32.8 Å². The summed E-state index contributed by atoms with van der Waals surface area (Å²) in [6.07, 6.45) is 1.25. The molecular formula is C22H28N2O3. The topological polar surface area (TPSA) is 58.6 Å². The van der Waals surface area contributed by atoms with Gasteiger partial charge in [0.25, 0.3) is 0 Å². The second-order valence-corrected chi connectivity index (χ2v) is 6.67. The Morgan fingerprint density at radius 3 is 2.30 bits per heavy atom. The summed E-state index contributed by atoms with van der Waals surface area (Å²) >= 11 is 0. The Morgan fingerprint density at radius 2 is 1.70 bits per heavy atom. The van der Waals surface area contributed by atoms with Gasteiger partial charge in [-0.05, 0) is 50.1 Å². The molecule has 1 N–H and O–H groups in total. The molecule has 0 heterocycles. The van der Waals surface area contributed by atoms with E-state index in [0.29, 0.717) is 25.9 Å². The van der Waals surface area contributed by atoms with Crippen molar-refractivity contribution in [2.45, 2.75) is 39.7 Å². The van der Waals surface area contributed by atoms with Gasteiger partial charge in [0, 0.05) is 32.1 Å². The zero-order chi connectivity index (χ0) is 19.6. The number of amides is 2. The average molecular weight is 368 g/mol. The van der Waals surface area contributed by atoms with Crippen LogP contribution < -0.4 is 15.0 Å². The van der Waals surface area contributed by atoms with Crippen molar-refractivity contribution in [3.63, 3.8) is 0 Å². The van der Waals surface area contributed by atoms with Gasteiger partial charge < -0.3 is 15.0 Å². The Labute approximate surface area is 161 Å². The van der Waals surface area contributed by atoms with Crippen molar-refractivity contribution < 1.29 is 14.3 Å². The first-order valence-corrected chi connectivity index (χ1v) is 9.31. The lowest BCUT2D eigenvalue weighted by Crippen LogP contribution is -2.37. The van der Waals surface area contributed by atoms with Crippen LogP contribution in [0, 0.1) is 0 Å². The molecule has 0 saturated heterocycles. The maximum atomic E-state index is 12.0. The molecule has 0 saturated carbocycles. The van der Waals surface area contributed by atoms with Crippen LogP contribution in [-0.4, -0.2) is 31.0 Å². The first kappa shape index (κ1) is 20.5. The molecule has 0 bridgehead atoms. The number of nitrogens with zero attached hydrogens (tertiary/aromatic N) is 1. The molecule has 5 heteroatoms. The Morgan fingerprint density at radius 1 is 1.04 bits per heavy atom. The van der Waals surface area contributed by atoms with Gasteiger partial charge in [0.15, 0.2) is 0 Å². The third kappa shape index (κ3) is 7.13. The highest BCUT2D eigenvalue weighted by Gasteiger charge is 2.12. The number of carbonyl (C=O) groups excluding carboxylic acids is 2. The fourth-order valence-electron chi connectivity index (χ4n) is 2.74. The number of nitrogens with one attached hydrogen (secondary N) is 1. The second kappa shape index (κ2) is 10.4. The number of rotatable bonds is 9. The average Bonchev–Trinajstić information content (AvgIpc) is 2.64. The van der Waals surface area contributed by atoms with Crippen LogP contribution in [0.4, 0.5) is 5.69 Å². The first-order chi connectivity index (χ1) is 13.0. The standard InChI is InChI=1S/C22H28N2O3/c1-17(2)27-21-12-10-20(11-13-21)24(18(3)25)16-15-23-22(26)14-9-19-7-5-4-6-8-19/h4-8,10-13,17H,9,14-16H2,1-3H3,(H,23,26). The monoisotopic (exact) mass is 368 g/mol. The summed E-state index contributed by atoms with van der Waals surface area (Å²) in [6.45, 7) is 6.30. The maximum Gasteiger partial charge on any atom is 0.223 e. The molecular weight excluding hydrogens is 340 g/mol. The number of carbonyl (C=O) groups is 2. The van der Waals surface area contributed by atoms with Crippen LogP contribution in [0.25, 0.3) is 0 Å². The highest BCUT2D eigenvalue weighted by molar-refractivity contribution is 5.91. The Kier molecular flexibility index (Phi) is 7.86. The lowest BCUT2D eigenvalue weighted by molar-refractivity contribution is -0.121. The van der Waals surface area contributed by atoms with Gasteiger partial charge in [0.05, 0.1) is 6.10 Å². The van der Waals surface area contributed by atoms with Crippen molar-refractivity contribution in [3.8, 4) is 5.75 Å². The van der Waals surface area contributed by atoms with Gasteiger partial charge in [-0.2, -0.15) is 0 Å². The van der Waals surface area contributed by atoms with Crippen molar-refractivity contribution in [3.05, 3.63) is 60.2 Å². The molecule has 0 spiro atoms. The van der Waals surface area contributed by atoms with Gasteiger partial charge >= 0.3 is 0 Å². The van der Waals surface area contributed by atoms with E-state index < -0.39 is 0 Å². The summed E-state index contributed by atoms with van der Waals surface area (Å²) < 4.78 is 5.62. The zero-order valence-electron chi connectivity index (χ0n) is 16.3. The first-order valence-electron chi connectivity index (χ1n) is 9.31. The van der Waals surface area contributed by atoms with E-state index in [1.165, 1.54) is 6.92 Å². The maximum absolute atomic E-state index is 12.0. The molecule has 2 aromatic rings. The molecule has 0 radical (unpaired) electrons. The summed E-state index contributed by atoms with van der Waals surface area (Å²) in [5.74, 6) is 0.695. The summed E-state index contributed by atoms with van der Waals surface area (Å²) in [4.78, 5) is 25.6. The molecule has 0 aromatic heterocycles. The number of anilines is 1. The van der Waals surface area contributed by atoms with E-state index in [1.807, 2.05) is 68.4 Å². The van der Waals surface area contributed by atoms with Gasteiger partial charge in [-0.1, -0.05) is 30.3 Å². The summed E-state index contributed by atoms with van der Waals surface area (Å²) in [5, 5.41) is 2.89. The molecule has 2 rings (SSSR count). The van der Waals surface area contributed by atoms with E-state index in [-0.39, 0.29) is 17.9 Å². The van der Waals surface area contributed by atoms with E-state index in [4.69, 9.17) is 4.74 Å². The zero-order valence-corrected chi connectivity index (χ0v) is 16.3. The smallest absolute Gasteiger partial charge is 0.223 e. The Bertz CT molecular complexity index is 727. The van der Waals surface area contributed by atoms with Crippen molar-refractivity contribution in [2.75, 3.05) is 18.0 Å². The minimum Gasteiger partial charge on any atom is -0.491 e. The van der Waals surface area contributed by atoms with Crippen LogP contribution in [0.3, 0.4) is 0 Å². The summed E-state index contributed by atoms with van der Waals surface area (Å²) in [7, 11) is 0. The SMILES string of the molecule is CC(=O)N(CCNC(=O)CCc1ccccc1)c1ccc(OC(C)C)cc1. The Balaban J connectivity index is 1.82. The van der Waals surface area contributed by atoms with Crippen molar-refractivity contribution in [2.24, 2.45) is 0 Å². The molecule has 0 fully saturated rings. The molecule has 144 valence electrons. The molecule has 0 aliphatic carbocycles. The van der Waals surface area contributed by atoms with E-state index in [0.717, 1.165) is 17.0 Å².